The van der Waals surface area contributed by atoms with Gasteiger partial charge >= 0.3 is 29.3 Å². The molecule has 0 aliphatic heterocycles. The number of hydrogen-bond acceptors (Lipinski definition) is 11. The van der Waals surface area contributed by atoms with Crippen LogP contribution < -0.4 is 16.9 Å². The Hall–Kier alpha value is -4.62. The predicted molar refractivity (Wildman–Crippen MR) is 162 cm³/mol. The van der Waals surface area contributed by atoms with Crippen LogP contribution in [0, 0.1) is 0 Å². The number of pyridine rings is 1. The third kappa shape index (κ3) is 8.48. The third-order valence-electron chi connectivity index (χ3n) is 5.30. The number of aryl methyl sites for hydroxylation is 2. The van der Waals surface area contributed by atoms with Crippen molar-refractivity contribution in [1.29, 1.82) is 0 Å². The van der Waals surface area contributed by atoms with E-state index in [0.717, 1.165) is 0 Å². The highest BCUT2D eigenvalue weighted by molar-refractivity contribution is 6.36. The van der Waals surface area contributed by atoms with Gasteiger partial charge in [-0.1, -0.05) is 35.3 Å². The van der Waals surface area contributed by atoms with Crippen LogP contribution in [0.15, 0.2) is 55.2 Å². The van der Waals surface area contributed by atoms with Gasteiger partial charge in [-0.05, 0) is 45.0 Å². The van der Waals surface area contributed by atoms with Crippen LogP contribution in [-0.4, -0.2) is 52.0 Å². The van der Waals surface area contributed by atoms with Gasteiger partial charge in [0.25, 0.3) is 5.56 Å². The standard InChI is InChI=1S/C13H12ClNO4.C9H6ClNO3.C7H12O4/c1-3-19-13(18)10-11(16)9-7(14)5-4-6-8(9)15(2)12(10)17;1-11-6-4-2-3-5(10)7(6)8(12)14-9(11)13;1-3-10-6(8)5-7(9)11-4-2/h4-6,16H,3H2,1-2H3;2-4H,1H3;3-5H2,1-2H3/i2D3;1D3;. The summed E-state index contributed by atoms with van der Waals surface area (Å²) >= 11 is 11.8. The van der Waals surface area contributed by atoms with Crippen molar-refractivity contribution in [2.45, 2.75) is 27.2 Å². The number of rotatable bonds is 6. The van der Waals surface area contributed by atoms with Crippen LogP contribution in [0.1, 0.15) is 45.8 Å². The van der Waals surface area contributed by atoms with Crippen molar-refractivity contribution in [3.05, 3.63) is 83.3 Å². The Labute approximate surface area is 268 Å². The molecule has 44 heavy (non-hydrogen) atoms. The Kier molecular flexibility index (Phi) is 9.98. The average molecular weight is 660 g/mol. The minimum absolute atomic E-state index is 0.0125. The van der Waals surface area contributed by atoms with Gasteiger partial charge in [-0.2, -0.15) is 0 Å². The fourth-order valence-corrected chi connectivity index (χ4v) is 3.99. The summed E-state index contributed by atoms with van der Waals surface area (Å²) in [6.45, 7) is -0.161. The second-order valence-electron chi connectivity index (χ2n) is 8.13. The fourth-order valence-electron chi connectivity index (χ4n) is 3.49. The number of hydrogen-bond donors (Lipinski definition) is 1. The summed E-state index contributed by atoms with van der Waals surface area (Å²) in [5.74, 6) is -4.10. The molecular formula is C29H30Cl2N2O11. The normalized spacial score (nSPS) is 12.8. The van der Waals surface area contributed by atoms with Crippen LogP contribution in [0.25, 0.3) is 21.8 Å². The first-order valence-electron chi connectivity index (χ1n) is 15.6. The fraction of sp³-hybridized carbons (Fsp3) is 0.310. The van der Waals surface area contributed by atoms with E-state index in [1.807, 2.05) is 0 Å². The Bertz CT molecular complexity index is 2060. The molecule has 4 rings (SSSR count). The molecule has 2 aromatic heterocycles. The minimum Gasteiger partial charge on any atom is -0.506 e. The molecule has 13 nitrogen and oxygen atoms in total. The lowest BCUT2D eigenvalue weighted by molar-refractivity contribution is -0.153. The SMILES string of the molecule is CCOC(=O)CC(=O)OCC.[2H]C([2H])([2H])n1c(=O)c(C(=O)OCC)c(O)c2c(Cl)cccc21.[2H]C([2H])([2H])n1c(=O)oc(=O)c2c(Cl)cccc21. The quantitative estimate of drug-likeness (QED) is 0.182. The van der Waals surface area contributed by atoms with Crippen LogP contribution in [0.5, 0.6) is 5.75 Å². The van der Waals surface area contributed by atoms with E-state index in [2.05, 4.69) is 13.9 Å². The van der Waals surface area contributed by atoms with Crippen LogP contribution in [0.3, 0.4) is 0 Å². The summed E-state index contributed by atoms with van der Waals surface area (Å²) in [6.07, 6.45) is -0.290. The Balaban J connectivity index is 0.000000276. The maximum absolute atomic E-state index is 12.4. The lowest BCUT2D eigenvalue weighted by Gasteiger charge is -2.11. The number of fused-ring (bicyclic) bond motifs is 2. The lowest BCUT2D eigenvalue weighted by Crippen LogP contribution is -2.26. The molecule has 0 spiro atoms. The maximum atomic E-state index is 12.4. The smallest absolute Gasteiger partial charge is 0.422 e. The van der Waals surface area contributed by atoms with E-state index in [4.69, 9.17) is 36.2 Å². The number of halogens is 2. The van der Waals surface area contributed by atoms with Crippen molar-refractivity contribution >= 4 is 62.9 Å². The van der Waals surface area contributed by atoms with Crippen LogP contribution >= 0.6 is 23.2 Å². The molecule has 0 unspecified atom stereocenters. The lowest BCUT2D eigenvalue weighted by atomic mass is 10.1. The number of esters is 3. The monoisotopic (exact) mass is 658 g/mol. The van der Waals surface area contributed by atoms with Gasteiger partial charge in [0.05, 0.1) is 46.3 Å². The Morgan fingerprint density at radius 1 is 0.818 bits per heavy atom. The second kappa shape index (κ2) is 16.3. The Morgan fingerprint density at radius 3 is 1.82 bits per heavy atom. The minimum atomic E-state index is -2.85. The molecular weight excluding hydrogens is 623 g/mol. The van der Waals surface area contributed by atoms with Crippen LogP contribution in [0.2, 0.25) is 10.0 Å². The van der Waals surface area contributed by atoms with Gasteiger partial charge in [0, 0.05) is 22.2 Å². The van der Waals surface area contributed by atoms with Gasteiger partial charge in [-0.3, -0.25) is 19.0 Å². The molecule has 1 N–H and O–H groups in total. The largest absolute Gasteiger partial charge is 0.506 e. The zero-order valence-electron chi connectivity index (χ0n) is 29.5. The Morgan fingerprint density at radius 2 is 1.32 bits per heavy atom. The van der Waals surface area contributed by atoms with Gasteiger partial charge in [-0.25, -0.2) is 14.4 Å². The number of aromatic nitrogens is 2. The first-order chi connectivity index (χ1) is 23.2. The van der Waals surface area contributed by atoms with E-state index in [-0.39, 0.29) is 58.1 Å². The van der Waals surface area contributed by atoms with Crippen molar-refractivity contribution in [3.8, 4) is 5.75 Å². The topological polar surface area (TPSA) is 173 Å². The van der Waals surface area contributed by atoms with Crippen molar-refractivity contribution in [2.24, 2.45) is 14.0 Å². The zero-order valence-corrected chi connectivity index (χ0v) is 25.0. The molecule has 15 heteroatoms. The number of ether oxygens (including phenoxy) is 3. The molecule has 0 fully saturated rings. The molecule has 0 saturated carbocycles. The maximum Gasteiger partial charge on any atom is 0.422 e. The molecule has 0 amide bonds. The van der Waals surface area contributed by atoms with Gasteiger partial charge in [0.15, 0.2) is 5.56 Å². The van der Waals surface area contributed by atoms with Gasteiger partial charge < -0.3 is 28.3 Å². The van der Waals surface area contributed by atoms with E-state index in [0.29, 0.717) is 9.13 Å². The highest BCUT2D eigenvalue weighted by Crippen LogP contribution is 2.32. The number of benzene rings is 2. The molecule has 0 bridgehead atoms. The van der Waals surface area contributed by atoms with Crippen LogP contribution in [-0.2, 0) is 37.8 Å². The summed E-state index contributed by atoms with van der Waals surface area (Å²) in [5.41, 5.74) is -3.03. The summed E-state index contributed by atoms with van der Waals surface area (Å²) in [7, 11) is 0. The summed E-state index contributed by atoms with van der Waals surface area (Å²) in [4.78, 5) is 68.3. The zero-order chi connectivity index (χ0) is 38.1. The number of carbonyl (C=O) groups is 3. The van der Waals surface area contributed by atoms with Crippen molar-refractivity contribution in [1.82, 2.24) is 9.13 Å². The van der Waals surface area contributed by atoms with Crippen molar-refractivity contribution in [3.63, 3.8) is 0 Å². The first-order valence-corrected chi connectivity index (χ1v) is 13.4. The number of nitrogens with zero attached hydrogens (tertiary/aromatic N) is 2. The molecule has 0 aliphatic carbocycles. The highest BCUT2D eigenvalue weighted by Gasteiger charge is 2.23. The molecule has 0 aliphatic rings. The number of carbonyl (C=O) groups excluding carboxylic acids is 3. The summed E-state index contributed by atoms with van der Waals surface area (Å²) in [5, 5.41) is 10.1. The molecule has 4 aromatic rings. The first kappa shape index (κ1) is 27.0. The third-order valence-corrected chi connectivity index (χ3v) is 5.93. The van der Waals surface area contributed by atoms with Crippen molar-refractivity contribution in [2.75, 3.05) is 19.8 Å². The van der Waals surface area contributed by atoms with Crippen LogP contribution in [0.4, 0.5) is 0 Å². The molecule has 2 aromatic carbocycles. The van der Waals surface area contributed by atoms with E-state index in [9.17, 15) is 33.9 Å². The second-order valence-corrected chi connectivity index (χ2v) is 8.94. The molecule has 0 radical (unpaired) electrons. The van der Waals surface area contributed by atoms with Gasteiger partial charge in [-0.15, -0.1) is 0 Å². The number of aromatic hydroxyl groups is 1. The summed E-state index contributed by atoms with van der Waals surface area (Å²) in [6, 6.07) is 8.36. The molecule has 236 valence electrons. The summed E-state index contributed by atoms with van der Waals surface area (Å²) < 4.78 is 63.1. The van der Waals surface area contributed by atoms with Crippen molar-refractivity contribution < 1.29 is 46.3 Å². The molecule has 0 saturated heterocycles. The highest BCUT2D eigenvalue weighted by atomic mass is 35.5. The van der Waals surface area contributed by atoms with E-state index < -0.39 is 60.1 Å². The van der Waals surface area contributed by atoms with E-state index in [1.54, 1.807) is 13.8 Å². The molecule has 2 heterocycles. The molecule has 0 atom stereocenters. The van der Waals surface area contributed by atoms with E-state index in [1.165, 1.54) is 43.3 Å². The predicted octanol–water partition coefficient (Wildman–Crippen LogP) is 3.72. The van der Waals surface area contributed by atoms with E-state index >= 15 is 0 Å². The average Bonchev–Trinajstić information content (AvgIpc) is 2.96. The van der Waals surface area contributed by atoms with Gasteiger partial charge in [0.2, 0.25) is 0 Å². The van der Waals surface area contributed by atoms with Gasteiger partial charge in [0.1, 0.15) is 17.6 Å².